The smallest absolute Gasteiger partial charge is 0.213 e. The Morgan fingerprint density at radius 1 is 1.20 bits per heavy atom. The van der Waals surface area contributed by atoms with Gasteiger partial charge in [0.1, 0.15) is 11.6 Å². The van der Waals surface area contributed by atoms with Gasteiger partial charge in [0.15, 0.2) is 0 Å². The molecule has 0 saturated heterocycles. The Morgan fingerprint density at radius 2 is 1.95 bits per heavy atom. The third-order valence-corrected chi connectivity index (χ3v) is 3.07. The zero-order valence-corrected chi connectivity index (χ0v) is 11.6. The highest BCUT2D eigenvalue weighted by Crippen LogP contribution is 2.24. The van der Waals surface area contributed by atoms with Gasteiger partial charge in [-0.2, -0.15) is 0 Å². The number of pyridine rings is 1. The van der Waals surface area contributed by atoms with Crippen LogP contribution in [0.2, 0.25) is 0 Å². The molecule has 0 aliphatic rings. The Labute approximate surface area is 116 Å². The predicted molar refractivity (Wildman–Crippen MR) is 73.9 cm³/mol. The van der Waals surface area contributed by atoms with Crippen LogP contribution in [0.4, 0.5) is 14.5 Å². The van der Waals surface area contributed by atoms with Gasteiger partial charge in [-0.05, 0) is 37.6 Å². The number of ether oxygens (including phenoxy) is 1. The largest absolute Gasteiger partial charge is 0.481 e. The molecule has 1 aromatic heterocycles. The van der Waals surface area contributed by atoms with E-state index < -0.39 is 11.6 Å². The lowest BCUT2D eigenvalue weighted by Gasteiger charge is -2.17. The number of aromatic nitrogens is 1. The van der Waals surface area contributed by atoms with E-state index in [1.807, 2.05) is 0 Å². The first-order valence-corrected chi connectivity index (χ1v) is 6.23. The number of nitrogens with one attached hydrogen (secondary N) is 1. The second-order valence-corrected chi connectivity index (χ2v) is 4.58. The molecule has 1 heterocycles. The van der Waals surface area contributed by atoms with E-state index in [0.717, 1.165) is 0 Å². The Bertz CT molecular complexity index is 600. The van der Waals surface area contributed by atoms with Crippen LogP contribution in [0, 0.1) is 18.6 Å². The minimum absolute atomic E-state index is 0.281. The van der Waals surface area contributed by atoms with Gasteiger partial charge < -0.3 is 10.1 Å². The molecular formula is C15H16F2N2O. The average Bonchev–Trinajstić information content (AvgIpc) is 2.43. The Kier molecular flexibility index (Phi) is 4.17. The number of aryl methyl sites for hydroxylation is 1. The molecular weight excluding hydrogens is 262 g/mol. The van der Waals surface area contributed by atoms with Crippen LogP contribution in [0.25, 0.3) is 0 Å². The maximum Gasteiger partial charge on any atom is 0.213 e. The summed E-state index contributed by atoms with van der Waals surface area (Å²) in [4.78, 5) is 4.05. The second kappa shape index (κ2) is 5.86. The fourth-order valence-electron chi connectivity index (χ4n) is 1.91. The van der Waals surface area contributed by atoms with Crippen LogP contribution < -0.4 is 10.1 Å². The van der Waals surface area contributed by atoms with Crippen molar-refractivity contribution in [3.63, 3.8) is 0 Å². The molecule has 106 valence electrons. The van der Waals surface area contributed by atoms with Crippen LogP contribution in [0.3, 0.4) is 0 Å². The lowest BCUT2D eigenvalue weighted by molar-refractivity contribution is 0.398. The van der Waals surface area contributed by atoms with Crippen LogP contribution in [-0.4, -0.2) is 12.1 Å². The van der Waals surface area contributed by atoms with Crippen molar-refractivity contribution in [2.75, 3.05) is 12.4 Å². The first kappa shape index (κ1) is 14.2. The molecule has 0 aliphatic heterocycles. The van der Waals surface area contributed by atoms with E-state index in [9.17, 15) is 8.78 Å². The van der Waals surface area contributed by atoms with Crippen molar-refractivity contribution in [3.8, 4) is 5.88 Å². The zero-order valence-electron chi connectivity index (χ0n) is 11.6. The molecule has 3 nitrogen and oxygen atoms in total. The molecule has 0 bridgehead atoms. The fourth-order valence-corrected chi connectivity index (χ4v) is 1.91. The normalized spacial score (nSPS) is 12.1. The molecule has 5 heteroatoms. The maximum atomic E-state index is 13.9. The van der Waals surface area contributed by atoms with E-state index >= 15 is 0 Å². The van der Waals surface area contributed by atoms with Crippen LogP contribution in [0.1, 0.15) is 24.1 Å². The van der Waals surface area contributed by atoms with Gasteiger partial charge >= 0.3 is 0 Å². The topological polar surface area (TPSA) is 34.1 Å². The highest BCUT2D eigenvalue weighted by Gasteiger charge is 2.14. The summed E-state index contributed by atoms with van der Waals surface area (Å²) in [6.45, 7) is 3.30. The number of methoxy groups -OCH3 is 1. The van der Waals surface area contributed by atoms with Gasteiger partial charge in [0.25, 0.3) is 0 Å². The first-order valence-electron chi connectivity index (χ1n) is 6.23. The van der Waals surface area contributed by atoms with Gasteiger partial charge in [-0.1, -0.05) is 0 Å². The number of benzene rings is 1. The summed E-state index contributed by atoms with van der Waals surface area (Å²) in [5, 5.41) is 3.07. The van der Waals surface area contributed by atoms with Crippen molar-refractivity contribution in [1.29, 1.82) is 0 Å². The van der Waals surface area contributed by atoms with Gasteiger partial charge in [0, 0.05) is 11.6 Å². The number of hydrogen-bond donors (Lipinski definition) is 1. The summed E-state index contributed by atoms with van der Waals surface area (Å²) < 4.78 is 32.4. The van der Waals surface area contributed by atoms with Gasteiger partial charge in [-0.15, -0.1) is 0 Å². The van der Waals surface area contributed by atoms with Crippen molar-refractivity contribution in [1.82, 2.24) is 4.98 Å². The zero-order chi connectivity index (χ0) is 14.7. The molecule has 0 fully saturated rings. The standard InChI is InChI=1S/C15H16F2N2O/c1-9-6-14(17)12(7-13(9)16)10(2)19-11-4-5-15(20-3)18-8-11/h4-8,10,19H,1-3H3. The molecule has 20 heavy (non-hydrogen) atoms. The van der Waals surface area contributed by atoms with E-state index in [1.54, 1.807) is 25.3 Å². The second-order valence-electron chi connectivity index (χ2n) is 4.58. The number of anilines is 1. The average molecular weight is 278 g/mol. The molecule has 0 aliphatic carbocycles. The van der Waals surface area contributed by atoms with Crippen molar-refractivity contribution < 1.29 is 13.5 Å². The molecule has 1 atom stereocenters. The molecule has 1 unspecified atom stereocenters. The number of halogens is 2. The van der Waals surface area contributed by atoms with E-state index in [0.29, 0.717) is 17.1 Å². The summed E-state index contributed by atoms with van der Waals surface area (Å²) in [6.07, 6.45) is 1.58. The summed E-state index contributed by atoms with van der Waals surface area (Å²) in [7, 11) is 1.53. The van der Waals surface area contributed by atoms with Gasteiger partial charge in [0.2, 0.25) is 5.88 Å². The highest BCUT2D eigenvalue weighted by atomic mass is 19.1. The van der Waals surface area contributed by atoms with Crippen molar-refractivity contribution >= 4 is 5.69 Å². The number of hydrogen-bond acceptors (Lipinski definition) is 3. The van der Waals surface area contributed by atoms with E-state index in [-0.39, 0.29) is 11.6 Å². The lowest BCUT2D eigenvalue weighted by Crippen LogP contribution is -2.10. The molecule has 1 aromatic carbocycles. The minimum atomic E-state index is -0.426. The highest BCUT2D eigenvalue weighted by molar-refractivity contribution is 5.45. The van der Waals surface area contributed by atoms with Crippen LogP contribution in [-0.2, 0) is 0 Å². The summed E-state index contributed by atoms with van der Waals surface area (Å²) >= 11 is 0. The summed E-state index contributed by atoms with van der Waals surface area (Å²) in [5.41, 5.74) is 1.28. The van der Waals surface area contributed by atoms with Crippen LogP contribution in [0.5, 0.6) is 5.88 Å². The third-order valence-electron chi connectivity index (χ3n) is 3.07. The molecule has 0 radical (unpaired) electrons. The Morgan fingerprint density at radius 3 is 2.55 bits per heavy atom. The van der Waals surface area contributed by atoms with Crippen LogP contribution in [0.15, 0.2) is 30.5 Å². The van der Waals surface area contributed by atoms with E-state index in [1.165, 1.54) is 26.2 Å². The van der Waals surface area contributed by atoms with Crippen molar-refractivity contribution in [3.05, 3.63) is 53.2 Å². The fraction of sp³-hybridized carbons (Fsp3) is 0.267. The Hall–Kier alpha value is -2.17. The minimum Gasteiger partial charge on any atom is -0.481 e. The van der Waals surface area contributed by atoms with Crippen LogP contribution >= 0.6 is 0 Å². The number of rotatable bonds is 4. The SMILES string of the molecule is COc1ccc(NC(C)c2cc(F)c(C)cc2F)cn1. The van der Waals surface area contributed by atoms with Crippen molar-refractivity contribution in [2.24, 2.45) is 0 Å². The van der Waals surface area contributed by atoms with Gasteiger partial charge in [0.05, 0.1) is 25.0 Å². The third kappa shape index (κ3) is 3.04. The van der Waals surface area contributed by atoms with E-state index in [2.05, 4.69) is 10.3 Å². The number of nitrogens with zero attached hydrogens (tertiary/aromatic N) is 1. The molecule has 2 aromatic rings. The summed E-state index contributed by atoms with van der Waals surface area (Å²) in [5.74, 6) is -0.343. The molecule has 0 spiro atoms. The molecule has 2 rings (SSSR count). The predicted octanol–water partition coefficient (Wildman–Crippen LogP) is 3.85. The molecule has 0 amide bonds. The monoisotopic (exact) mass is 278 g/mol. The lowest BCUT2D eigenvalue weighted by atomic mass is 10.0. The van der Waals surface area contributed by atoms with E-state index in [4.69, 9.17) is 4.74 Å². The molecule has 1 N–H and O–H groups in total. The van der Waals surface area contributed by atoms with Gasteiger partial charge in [-0.25, -0.2) is 13.8 Å². The maximum absolute atomic E-state index is 13.9. The Balaban J connectivity index is 2.18. The van der Waals surface area contributed by atoms with Crippen molar-refractivity contribution in [2.45, 2.75) is 19.9 Å². The summed E-state index contributed by atoms with van der Waals surface area (Å²) in [6, 6.07) is 5.51. The quantitative estimate of drug-likeness (QED) is 0.922. The first-order chi connectivity index (χ1) is 9.51. The molecule has 0 saturated carbocycles. The van der Waals surface area contributed by atoms with Gasteiger partial charge in [-0.3, -0.25) is 0 Å².